The van der Waals surface area contributed by atoms with Gasteiger partial charge < -0.3 is 10.6 Å². The lowest BCUT2D eigenvalue weighted by Gasteiger charge is -2.14. The summed E-state index contributed by atoms with van der Waals surface area (Å²) in [6.45, 7) is 8.44. The van der Waals surface area contributed by atoms with E-state index >= 15 is 0 Å². The Morgan fingerprint density at radius 1 is 1.15 bits per heavy atom. The van der Waals surface area contributed by atoms with Crippen LogP contribution in [0.15, 0.2) is 30.6 Å². The Morgan fingerprint density at radius 2 is 1.90 bits per heavy atom. The first kappa shape index (κ1) is 14.3. The summed E-state index contributed by atoms with van der Waals surface area (Å²) in [6, 6.07) is 8.62. The Labute approximate surface area is 120 Å². The molecule has 20 heavy (non-hydrogen) atoms. The molecule has 0 spiro atoms. The maximum atomic E-state index is 4.30. The fraction of sp³-hybridized carbons (Fsp3) is 0.375. The molecule has 0 aliphatic rings. The molecule has 2 aromatic rings. The van der Waals surface area contributed by atoms with E-state index in [-0.39, 0.29) is 0 Å². The molecule has 0 aliphatic heterocycles. The SMILES string of the molecule is CCc1cccc(C)c1Nc1cc(NC(C)C)ncn1. The van der Waals surface area contributed by atoms with E-state index in [1.165, 1.54) is 11.1 Å². The second kappa shape index (κ2) is 6.37. The van der Waals surface area contributed by atoms with Crippen LogP contribution in [0, 0.1) is 6.92 Å². The van der Waals surface area contributed by atoms with Gasteiger partial charge in [-0.1, -0.05) is 25.1 Å². The minimum Gasteiger partial charge on any atom is -0.368 e. The largest absolute Gasteiger partial charge is 0.368 e. The first-order valence-electron chi connectivity index (χ1n) is 7.04. The van der Waals surface area contributed by atoms with Gasteiger partial charge in [0.2, 0.25) is 0 Å². The third-order valence-corrected chi connectivity index (χ3v) is 3.10. The minimum absolute atomic E-state index is 0.349. The van der Waals surface area contributed by atoms with Crippen LogP contribution in [0.4, 0.5) is 17.3 Å². The average molecular weight is 270 g/mol. The van der Waals surface area contributed by atoms with Gasteiger partial charge in [0.05, 0.1) is 0 Å². The van der Waals surface area contributed by atoms with Gasteiger partial charge in [-0.3, -0.25) is 0 Å². The number of benzene rings is 1. The molecular weight excluding hydrogens is 248 g/mol. The van der Waals surface area contributed by atoms with Gasteiger partial charge in [-0.15, -0.1) is 0 Å². The lowest BCUT2D eigenvalue weighted by molar-refractivity contribution is 0.886. The molecule has 4 heteroatoms. The summed E-state index contributed by atoms with van der Waals surface area (Å²) in [4.78, 5) is 8.52. The van der Waals surface area contributed by atoms with E-state index in [0.717, 1.165) is 23.7 Å². The standard InChI is InChI=1S/C16H22N4/c1-5-13-8-6-7-12(4)16(13)20-15-9-14(17-10-18-15)19-11(2)3/h6-11H,5H2,1-4H3,(H2,17,18,19,20). The number of aromatic nitrogens is 2. The van der Waals surface area contributed by atoms with Crippen molar-refractivity contribution in [2.45, 2.75) is 40.2 Å². The Bertz CT molecular complexity index is 578. The van der Waals surface area contributed by atoms with Crippen LogP contribution in [0.1, 0.15) is 31.9 Å². The molecule has 1 aromatic carbocycles. The predicted molar refractivity (Wildman–Crippen MR) is 84.6 cm³/mol. The molecule has 0 fully saturated rings. The summed E-state index contributed by atoms with van der Waals surface area (Å²) in [5, 5.41) is 6.70. The molecule has 0 saturated carbocycles. The fourth-order valence-electron chi connectivity index (χ4n) is 2.13. The summed E-state index contributed by atoms with van der Waals surface area (Å²) in [5.41, 5.74) is 3.66. The molecule has 1 heterocycles. The van der Waals surface area contributed by atoms with Gasteiger partial charge in [0.1, 0.15) is 18.0 Å². The van der Waals surface area contributed by atoms with Crippen LogP contribution in [0.3, 0.4) is 0 Å². The molecule has 0 unspecified atom stereocenters. The molecule has 4 nitrogen and oxygen atoms in total. The molecule has 0 saturated heterocycles. The highest BCUT2D eigenvalue weighted by Gasteiger charge is 2.06. The quantitative estimate of drug-likeness (QED) is 0.864. The Kier molecular flexibility index (Phi) is 4.56. The monoisotopic (exact) mass is 270 g/mol. The number of para-hydroxylation sites is 1. The van der Waals surface area contributed by atoms with E-state index in [9.17, 15) is 0 Å². The molecule has 0 amide bonds. The molecule has 2 rings (SSSR count). The van der Waals surface area contributed by atoms with E-state index in [2.05, 4.69) is 66.5 Å². The second-order valence-electron chi connectivity index (χ2n) is 5.18. The van der Waals surface area contributed by atoms with Gasteiger partial charge in [-0.05, 0) is 38.3 Å². The predicted octanol–water partition coefficient (Wildman–Crippen LogP) is 3.91. The van der Waals surface area contributed by atoms with Crippen LogP contribution in [0.2, 0.25) is 0 Å². The molecule has 0 bridgehead atoms. The number of anilines is 3. The summed E-state index contributed by atoms with van der Waals surface area (Å²) in [6.07, 6.45) is 2.57. The van der Waals surface area contributed by atoms with E-state index in [1.807, 2.05) is 6.07 Å². The van der Waals surface area contributed by atoms with Gasteiger partial charge >= 0.3 is 0 Å². The van der Waals surface area contributed by atoms with Crippen molar-refractivity contribution in [1.29, 1.82) is 0 Å². The van der Waals surface area contributed by atoms with Gasteiger partial charge in [0.15, 0.2) is 0 Å². The zero-order valence-electron chi connectivity index (χ0n) is 12.6. The van der Waals surface area contributed by atoms with E-state index < -0.39 is 0 Å². The van der Waals surface area contributed by atoms with Crippen molar-refractivity contribution in [3.63, 3.8) is 0 Å². The number of nitrogens with one attached hydrogen (secondary N) is 2. The van der Waals surface area contributed by atoms with Gasteiger partial charge in [0, 0.05) is 17.8 Å². The van der Waals surface area contributed by atoms with Gasteiger partial charge in [-0.25, -0.2) is 9.97 Å². The van der Waals surface area contributed by atoms with Crippen LogP contribution in [-0.2, 0) is 6.42 Å². The minimum atomic E-state index is 0.349. The third-order valence-electron chi connectivity index (χ3n) is 3.10. The zero-order chi connectivity index (χ0) is 14.5. The second-order valence-corrected chi connectivity index (χ2v) is 5.18. The van der Waals surface area contributed by atoms with Gasteiger partial charge in [0.25, 0.3) is 0 Å². The van der Waals surface area contributed by atoms with Crippen molar-refractivity contribution in [3.05, 3.63) is 41.7 Å². The Balaban J connectivity index is 2.26. The highest BCUT2D eigenvalue weighted by molar-refractivity contribution is 5.66. The first-order valence-corrected chi connectivity index (χ1v) is 7.04. The lowest BCUT2D eigenvalue weighted by Crippen LogP contribution is -2.11. The number of nitrogens with zero attached hydrogens (tertiary/aromatic N) is 2. The molecule has 106 valence electrons. The Hall–Kier alpha value is -2.10. The van der Waals surface area contributed by atoms with Crippen LogP contribution in [0.25, 0.3) is 0 Å². The van der Waals surface area contributed by atoms with Crippen molar-refractivity contribution >= 4 is 17.3 Å². The maximum absolute atomic E-state index is 4.30. The number of hydrogen-bond donors (Lipinski definition) is 2. The first-order chi connectivity index (χ1) is 9.60. The number of aryl methyl sites for hydroxylation is 2. The molecule has 0 aliphatic carbocycles. The summed E-state index contributed by atoms with van der Waals surface area (Å²) in [7, 11) is 0. The van der Waals surface area contributed by atoms with Crippen molar-refractivity contribution in [1.82, 2.24) is 9.97 Å². The van der Waals surface area contributed by atoms with Crippen molar-refractivity contribution in [3.8, 4) is 0 Å². The fourth-order valence-corrected chi connectivity index (χ4v) is 2.13. The molecule has 2 N–H and O–H groups in total. The normalized spacial score (nSPS) is 10.7. The lowest BCUT2D eigenvalue weighted by atomic mass is 10.1. The highest BCUT2D eigenvalue weighted by atomic mass is 15.1. The van der Waals surface area contributed by atoms with Crippen LogP contribution >= 0.6 is 0 Å². The zero-order valence-corrected chi connectivity index (χ0v) is 12.6. The molecular formula is C16H22N4. The molecule has 0 radical (unpaired) electrons. The smallest absolute Gasteiger partial charge is 0.135 e. The van der Waals surface area contributed by atoms with E-state index in [0.29, 0.717) is 6.04 Å². The highest BCUT2D eigenvalue weighted by Crippen LogP contribution is 2.25. The topological polar surface area (TPSA) is 49.8 Å². The summed E-state index contributed by atoms with van der Waals surface area (Å²) < 4.78 is 0. The van der Waals surface area contributed by atoms with E-state index in [1.54, 1.807) is 6.33 Å². The Morgan fingerprint density at radius 3 is 2.60 bits per heavy atom. The van der Waals surface area contributed by atoms with E-state index in [4.69, 9.17) is 0 Å². The maximum Gasteiger partial charge on any atom is 0.135 e. The molecule has 0 atom stereocenters. The number of hydrogen-bond acceptors (Lipinski definition) is 4. The van der Waals surface area contributed by atoms with Crippen molar-refractivity contribution in [2.24, 2.45) is 0 Å². The summed E-state index contributed by atoms with van der Waals surface area (Å²) >= 11 is 0. The van der Waals surface area contributed by atoms with Gasteiger partial charge in [-0.2, -0.15) is 0 Å². The average Bonchev–Trinajstić information content (AvgIpc) is 2.41. The van der Waals surface area contributed by atoms with Crippen molar-refractivity contribution in [2.75, 3.05) is 10.6 Å². The van der Waals surface area contributed by atoms with Crippen molar-refractivity contribution < 1.29 is 0 Å². The van der Waals surface area contributed by atoms with Crippen LogP contribution in [-0.4, -0.2) is 16.0 Å². The van der Waals surface area contributed by atoms with Crippen LogP contribution < -0.4 is 10.6 Å². The molecule has 1 aromatic heterocycles. The summed E-state index contributed by atoms with van der Waals surface area (Å²) in [5.74, 6) is 1.65. The number of rotatable bonds is 5. The van der Waals surface area contributed by atoms with Crippen LogP contribution in [0.5, 0.6) is 0 Å². The third kappa shape index (κ3) is 3.47.